The van der Waals surface area contributed by atoms with Crippen molar-refractivity contribution >= 4 is 11.7 Å². The van der Waals surface area contributed by atoms with Gasteiger partial charge >= 0.3 is 6.03 Å². The highest BCUT2D eigenvalue weighted by Gasteiger charge is 2.42. The third-order valence-electron chi connectivity index (χ3n) is 4.47. The fraction of sp³-hybridized carbons (Fsp3) is 0.562. The van der Waals surface area contributed by atoms with Crippen molar-refractivity contribution in [3.8, 4) is 0 Å². The first-order chi connectivity index (χ1) is 12.2. The van der Waals surface area contributed by atoms with E-state index in [2.05, 4.69) is 10.6 Å². The van der Waals surface area contributed by atoms with Gasteiger partial charge in [-0.05, 0) is 12.1 Å². The lowest BCUT2D eigenvalue weighted by molar-refractivity contribution is -0.00727. The van der Waals surface area contributed by atoms with Crippen molar-refractivity contribution in [1.29, 1.82) is 0 Å². The van der Waals surface area contributed by atoms with E-state index in [0.29, 0.717) is 6.07 Å². The van der Waals surface area contributed by atoms with Gasteiger partial charge in [0.05, 0.1) is 31.0 Å². The van der Waals surface area contributed by atoms with E-state index >= 15 is 0 Å². The minimum absolute atomic E-state index is 0.00458. The Labute approximate surface area is 147 Å². The monoisotopic (exact) mass is 377 g/mol. The summed E-state index contributed by atoms with van der Waals surface area (Å²) in [5.74, 6) is -4.44. The summed E-state index contributed by atoms with van der Waals surface area (Å²) in [5.41, 5.74) is -0.215. The number of urea groups is 1. The van der Waals surface area contributed by atoms with Crippen LogP contribution in [0.15, 0.2) is 18.2 Å². The van der Waals surface area contributed by atoms with Crippen LogP contribution in [-0.2, 0) is 4.74 Å². The van der Waals surface area contributed by atoms with Crippen LogP contribution in [0.1, 0.15) is 6.42 Å². The van der Waals surface area contributed by atoms with Crippen LogP contribution in [0.4, 0.5) is 28.0 Å². The molecule has 1 aromatic rings. The maximum Gasteiger partial charge on any atom is 0.319 e. The predicted molar refractivity (Wildman–Crippen MR) is 84.1 cm³/mol. The van der Waals surface area contributed by atoms with E-state index in [4.69, 9.17) is 4.74 Å². The number of hydrogen-bond acceptors (Lipinski definition) is 4. The van der Waals surface area contributed by atoms with Gasteiger partial charge in [0.2, 0.25) is 0 Å². The molecule has 26 heavy (non-hydrogen) atoms. The lowest BCUT2D eigenvalue weighted by Gasteiger charge is -2.23. The van der Waals surface area contributed by atoms with E-state index in [9.17, 15) is 27.5 Å². The summed E-state index contributed by atoms with van der Waals surface area (Å²) in [6.07, 6.45) is -2.03. The van der Waals surface area contributed by atoms with E-state index in [1.807, 2.05) is 0 Å². The largest absolute Gasteiger partial charge is 0.388 e. The lowest BCUT2D eigenvalue weighted by Crippen LogP contribution is -2.48. The smallest absolute Gasteiger partial charge is 0.319 e. The summed E-state index contributed by atoms with van der Waals surface area (Å²) in [5, 5.41) is 14.9. The molecule has 3 atom stereocenters. The Hall–Kier alpha value is -1.91. The van der Waals surface area contributed by atoms with Gasteiger partial charge in [-0.15, -0.1) is 0 Å². The first-order valence-corrected chi connectivity index (χ1v) is 8.16. The summed E-state index contributed by atoms with van der Waals surface area (Å²) in [6, 6.07) is 1.13. The summed E-state index contributed by atoms with van der Waals surface area (Å²) < 4.78 is 58.2. The van der Waals surface area contributed by atoms with Gasteiger partial charge in [0, 0.05) is 25.6 Å². The Morgan fingerprint density at radius 2 is 2.15 bits per heavy atom. The average Bonchev–Trinajstić information content (AvgIpc) is 3.06. The molecule has 0 spiro atoms. The third kappa shape index (κ3) is 4.43. The fourth-order valence-electron chi connectivity index (χ4n) is 3.11. The number of benzene rings is 1. The molecule has 2 aliphatic rings. The number of alkyl halides is 2. The van der Waals surface area contributed by atoms with Crippen LogP contribution in [0.25, 0.3) is 0 Å². The number of hydrogen-bond donors (Lipinski definition) is 3. The van der Waals surface area contributed by atoms with Gasteiger partial charge in [0.25, 0.3) is 5.92 Å². The minimum atomic E-state index is -2.74. The lowest BCUT2D eigenvalue weighted by atomic mass is 10.1. The third-order valence-corrected chi connectivity index (χ3v) is 4.47. The summed E-state index contributed by atoms with van der Waals surface area (Å²) >= 11 is 0. The van der Waals surface area contributed by atoms with Crippen molar-refractivity contribution in [2.45, 2.75) is 30.6 Å². The maximum atomic E-state index is 13.5. The van der Waals surface area contributed by atoms with Crippen LogP contribution in [-0.4, -0.2) is 66.5 Å². The molecule has 3 unspecified atom stereocenters. The molecule has 2 aliphatic heterocycles. The molecule has 1 aromatic carbocycles. The number of nitrogens with one attached hydrogen (secondary N) is 2. The second-order valence-electron chi connectivity index (χ2n) is 6.53. The number of halogens is 4. The number of rotatable bonds is 4. The van der Waals surface area contributed by atoms with Crippen LogP contribution < -0.4 is 10.6 Å². The molecule has 2 heterocycles. The van der Waals surface area contributed by atoms with E-state index in [0.717, 1.165) is 12.1 Å². The molecule has 0 bridgehead atoms. The van der Waals surface area contributed by atoms with Gasteiger partial charge in [-0.3, -0.25) is 4.90 Å². The number of carbonyl (C=O) groups is 1. The Morgan fingerprint density at radius 1 is 1.38 bits per heavy atom. The molecule has 3 rings (SSSR count). The van der Waals surface area contributed by atoms with Crippen molar-refractivity contribution in [3.63, 3.8) is 0 Å². The van der Waals surface area contributed by atoms with Crippen molar-refractivity contribution < 1.29 is 32.2 Å². The number of likely N-dealkylation sites (tertiary alicyclic amines) is 1. The number of anilines is 1. The molecular weight excluding hydrogens is 358 g/mol. The molecule has 6 nitrogen and oxygen atoms in total. The number of amides is 2. The van der Waals surface area contributed by atoms with Gasteiger partial charge in [-0.25, -0.2) is 22.4 Å². The molecule has 10 heteroatoms. The first-order valence-electron chi connectivity index (χ1n) is 8.16. The number of nitrogens with zero attached hydrogens (tertiary/aromatic N) is 1. The number of aliphatic hydroxyl groups is 1. The zero-order valence-electron chi connectivity index (χ0n) is 13.7. The van der Waals surface area contributed by atoms with Crippen molar-refractivity contribution in [3.05, 3.63) is 29.8 Å². The highest BCUT2D eigenvalue weighted by molar-refractivity contribution is 5.89. The molecule has 2 fully saturated rings. The van der Waals surface area contributed by atoms with Gasteiger partial charge in [-0.2, -0.15) is 0 Å². The van der Waals surface area contributed by atoms with E-state index in [-0.39, 0.29) is 38.3 Å². The summed E-state index contributed by atoms with van der Waals surface area (Å²) in [4.78, 5) is 13.4. The Morgan fingerprint density at radius 3 is 2.81 bits per heavy atom. The van der Waals surface area contributed by atoms with E-state index < -0.39 is 41.8 Å². The fourth-order valence-corrected chi connectivity index (χ4v) is 3.11. The van der Waals surface area contributed by atoms with Crippen LogP contribution >= 0.6 is 0 Å². The Bertz CT molecular complexity index is 676. The molecule has 3 N–H and O–H groups in total. The van der Waals surface area contributed by atoms with Gasteiger partial charge in [0.15, 0.2) is 0 Å². The molecule has 0 radical (unpaired) electrons. The van der Waals surface area contributed by atoms with Gasteiger partial charge < -0.3 is 20.5 Å². The molecule has 2 saturated heterocycles. The topological polar surface area (TPSA) is 73.8 Å². The average molecular weight is 377 g/mol. The summed E-state index contributed by atoms with van der Waals surface area (Å²) in [7, 11) is 0. The zero-order valence-corrected chi connectivity index (χ0v) is 13.7. The van der Waals surface area contributed by atoms with E-state index in [1.165, 1.54) is 4.90 Å². The normalized spacial score (nSPS) is 28.3. The second-order valence-corrected chi connectivity index (χ2v) is 6.53. The minimum Gasteiger partial charge on any atom is -0.388 e. The number of ether oxygens (including phenoxy) is 1. The SMILES string of the molecule is O=C(Nc1ccc(F)cc1F)NC1COC(CN2CCC(F)(F)C2)C1O. The molecule has 0 aromatic heterocycles. The van der Waals surface area contributed by atoms with Crippen LogP contribution in [0.5, 0.6) is 0 Å². The highest BCUT2D eigenvalue weighted by Crippen LogP contribution is 2.28. The quantitative estimate of drug-likeness (QED) is 0.697. The van der Waals surface area contributed by atoms with Crippen LogP contribution in [0, 0.1) is 11.6 Å². The Kier molecular flexibility index (Phi) is 5.35. The van der Waals surface area contributed by atoms with Crippen molar-refractivity contribution in [2.75, 3.05) is 31.6 Å². The Balaban J connectivity index is 1.50. The summed E-state index contributed by atoms with van der Waals surface area (Å²) in [6.45, 7) is -0.0530. The first kappa shape index (κ1) is 18.9. The van der Waals surface area contributed by atoms with Gasteiger partial charge in [-0.1, -0.05) is 0 Å². The van der Waals surface area contributed by atoms with Crippen LogP contribution in [0.2, 0.25) is 0 Å². The zero-order chi connectivity index (χ0) is 18.9. The second kappa shape index (κ2) is 7.37. The molecular formula is C16H19F4N3O3. The standard InChI is InChI=1S/C16H19F4N3O3/c17-9-1-2-11(10(18)5-9)21-15(25)22-12-7-26-13(14(12)24)6-23-4-3-16(19,20)8-23/h1-2,5,12-14,24H,3-4,6-8H2,(H2,21,22,25). The molecule has 2 amide bonds. The van der Waals surface area contributed by atoms with E-state index in [1.54, 1.807) is 0 Å². The molecule has 0 saturated carbocycles. The van der Waals surface area contributed by atoms with Gasteiger partial charge in [0.1, 0.15) is 17.7 Å². The van der Waals surface area contributed by atoms with Crippen molar-refractivity contribution in [2.24, 2.45) is 0 Å². The number of carbonyl (C=O) groups excluding carboxylic acids is 1. The predicted octanol–water partition coefficient (Wildman–Crippen LogP) is 1.56. The van der Waals surface area contributed by atoms with Crippen molar-refractivity contribution in [1.82, 2.24) is 10.2 Å². The highest BCUT2D eigenvalue weighted by atomic mass is 19.3. The van der Waals surface area contributed by atoms with Crippen LogP contribution in [0.3, 0.4) is 0 Å². The number of aliphatic hydroxyl groups excluding tert-OH is 1. The molecule has 0 aliphatic carbocycles. The molecule has 144 valence electrons. The maximum absolute atomic E-state index is 13.5.